The van der Waals surface area contributed by atoms with E-state index in [-0.39, 0.29) is 0 Å². The van der Waals surface area contributed by atoms with Crippen LogP contribution in [-0.4, -0.2) is 14.3 Å². The second-order valence-corrected chi connectivity index (χ2v) is 4.23. The van der Waals surface area contributed by atoms with Gasteiger partial charge in [-0.25, -0.2) is 0 Å². The van der Waals surface area contributed by atoms with Crippen molar-refractivity contribution in [2.45, 2.75) is 0 Å². The highest BCUT2D eigenvalue weighted by Gasteiger charge is 2.01. The van der Waals surface area contributed by atoms with Crippen LogP contribution >= 0.6 is 24.8 Å². The van der Waals surface area contributed by atoms with Gasteiger partial charge in [-0.3, -0.25) is 9.97 Å². The first kappa shape index (κ1) is 11.0. The summed E-state index contributed by atoms with van der Waals surface area (Å²) in [6.07, 6.45) is 3.44. The van der Waals surface area contributed by atoms with Crippen LogP contribution in [0.4, 0.5) is 5.69 Å². The molecule has 2 heterocycles. The van der Waals surface area contributed by atoms with Crippen LogP contribution < -0.4 is 5.32 Å². The molecule has 0 atom stereocenters. The Balaban J connectivity index is 2.33. The van der Waals surface area contributed by atoms with Crippen molar-refractivity contribution in [1.82, 2.24) is 9.97 Å². The Kier molecular flexibility index (Phi) is 3.48. The number of rotatable bonds is 2. The van der Waals surface area contributed by atoms with E-state index in [1.807, 2.05) is 30.3 Å². The largest absolute Gasteiger partial charge is 0.341 e. The van der Waals surface area contributed by atoms with Gasteiger partial charge >= 0.3 is 0 Å². The topological polar surface area (TPSA) is 37.8 Å². The standard InChI is InChI=1S/C11H9N3S2/c15-11(16)14-8-4-6-13-10(7-8)9-3-1-2-5-12-9/h1-7H,(H2,13,14,15,16). The summed E-state index contributed by atoms with van der Waals surface area (Å²) in [5.41, 5.74) is 2.49. The minimum absolute atomic E-state index is 0.429. The molecule has 0 aliphatic heterocycles. The first-order valence-electron chi connectivity index (χ1n) is 4.63. The molecule has 0 aliphatic carbocycles. The zero-order valence-electron chi connectivity index (χ0n) is 8.29. The monoisotopic (exact) mass is 247 g/mol. The first-order valence-corrected chi connectivity index (χ1v) is 5.48. The molecule has 5 heteroatoms. The summed E-state index contributed by atoms with van der Waals surface area (Å²) in [7, 11) is 0. The van der Waals surface area contributed by atoms with Crippen LogP contribution in [0, 0.1) is 0 Å². The highest BCUT2D eigenvalue weighted by molar-refractivity contribution is 8.11. The van der Waals surface area contributed by atoms with E-state index in [1.54, 1.807) is 12.4 Å². The van der Waals surface area contributed by atoms with Gasteiger partial charge in [0, 0.05) is 18.1 Å². The number of aromatic nitrogens is 2. The predicted octanol–water partition coefficient (Wildman–Crippen LogP) is 2.77. The van der Waals surface area contributed by atoms with Crippen LogP contribution in [-0.2, 0) is 0 Å². The quantitative estimate of drug-likeness (QED) is 0.632. The maximum absolute atomic E-state index is 4.85. The SMILES string of the molecule is S=C(S)Nc1ccnc(-c2ccccn2)c1. The van der Waals surface area contributed by atoms with Crippen LogP contribution in [0.2, 0.25) is 0 Å². The molecular formula is C11H9N3S2. The van der Waals surface area contributed by atoms with Crippen molar-refractivity contribution in [2.75, 3.05) is 5.32 Å². The fourth-order valence-corrected chi connectivity index (χ4v) is 1.53. The number of nitrogens with zero attached hydrogens (tertiary/aromatic N) is 2. The summed E-state index contributed by atoms with van der Waals surface area (Å²) >= 11 is 8.87. The Labute approximate surface area is 104 Å². The van der Waals surface area contributed by atoms with E-state index < -0.39 is 0 Å². The van der Waals surface area contributed by atoms with Crippen LogP contribution in [0.5, 0.6) is 0 Å². The van der Waals surface area contributed by atoms with Crippen LogP contribution in [0.25, 0.3) is 11.4 Å². The van der Waals surface area contributed by atoms with E-state index in [2.05, 4.69) is 27.9 Å². The summed E-state index contributed by atoms with van der Waals surface area (Å²) in [6, 6.07) is 9.41. The molecular weight excluding hydrogens is 238 g/mol. The van der Waals surface area contributed by atoms with Gasteiger partial charge in [-0.1, -0.05) is 18.3 Å². The zero-order chi connectivity index (χ0) is 11.4. The Morgan fingerprint density at radius 3 is 2.62 bits per heavy atom. The number of pyridine rings is 2. The molecule has 0 spiro atoms. The lowest BCUT2D eigenvalue weighted by atomic mass is 10.2. The second kappa shape index (κ2) is 5.05. The molecule has 0 aromatic carbocycles. The molecule has 16 heavy (non-hydrogen) atoms. The number of anilines is 1. The van der Waals surface area contributed by atoms with Crippen molar-refractivity contribution in [3.05, 3.63) is 42.7 Å². The average Bonchev–Trinajstić information content (AvgIpc) is 2.30. The minimum atomic E-state index is 0.429. The summed E-state index contributed by atoms with van der Waals surface area (Å²) in [5, 5.41) is 2.94. The molecule has 2 aromatic heterocycles. The third-order valence-electron chi connectivity index (χ3n) is 1.94. The summed E-state index contributed by atoms with van der Waals surface area (Å²) in [5.74, 6) is 0. The molecule has 2 rings (SSSR count). The van der Waals surface area contributed by atoms with Gasteiger partial charge in [-0.2, -0.15) is 0 Å². The Hall–Kier alpha value is -1.46. The zero-order valence-corrected chi connectivity index (χ0v) is 10.0. The number of hydrogen-bond donors (Lipinski definition) is 2. The lowest BCUT2D eigenvalue weighted by Crippen LogP contribution is -2.01. The van der Waals surface area contributed by atoms with Gasteiger partial charge in [-0.05, 0) is 24.3 Å². The van der Waals surface area contributed by atoms with E-state index in [4.69, 9.17) is 12.2 Å². The molecule has 0 unspecified atom stereocenters. The van der Waals surface area contributed by atoms with E-state index in [9.17, 15) is 0 Å². The summed E-state index contributed by atoms with van der Waals surface area (Å²) in [4.78, 5) is 8.47. The van der Waals surface area contributed by atoms with Gasteiger partial charge in [-0.15, -0.1) is 12.6 Å². The van der Waals surface area contributed by atoms with E-state index >= 15 is 0 Å². The molecule has 0 fully saturated rings. The lowest BCUT2D eigenvalue weighted by molar-refractivity contribution is 1.25. The fraction of sp³-hybridized carbons (Fsp3) is 0. The van der Waals surface area contributed by atoms with Crippen molar-refractivity contribution < 1.29 is 0 Å². The van der Waals surface area contributed by atoms with Gasteiger partial charge in [0.05, 0.1) is 11.4 Å². The van der Waals surface area contributed by atoms with Gasteiger partial charge in [0.15, 0.2) is 0 Å². The van der Waals surface area contributed by atoms with E-state index in [1.165, 1.54) is 0 Å². The molecule has 0 saturated heterocycles. The molecule has 0 radical (unpaired) electrons. The smallest absolute Gasteiger partial charge is 0.135 e. The minimum Gasteiger partial charge on any atom is -0.341 e. The second-order valence-electron chi connectivity index (χ2n) is 3.07. The first-order chi connectivity index (χ1) is 7.75. The predicted molar refractivity (Wildman–Crippen MR) is 72.7 cm³/mol. The number of thiocarbonyl (C=S) groups is 1. The molecule has 3 nitrogen and oxygen atoms in total. The summed E-state index contributed by atoms with van der Waals surface area (Å²) < 4.78 is 0.429. The molecule has 0 saturated carbocycles. The third kappa shape index (κ3) is 2.77. The third-order valence-corrected chi connectivity index (χ3v) is 2.15. The van der Waals surface area contributed by atoms with Crippen LogP contribution in [0.15, 0.2) is 42.7 Å². The Morgan fingerprint density at radius 2 is 1.94 bits per heavy atom. The van der Waals surface area contributed by atoms with Crippen molar-refractivity contribution in [3.8, 4) is 11.4 Å². The van der Waals surface area contributed by atoms with Gasteiger partial charge in [0.2, 0.25) is 0 Å². The molecule has 1 N–H and O–H groups in total. The maximum atomic E-state index is 4.85. The van der Waals surface area contributed by atoms with Crippen molar-refractivity contribution in [2.24, 2.45) is 0 Å². The molecule has 80 valence electrons. The van der Waals surface area contributed by atoms with Crippen molar-refractivity contribution in [3.63, 3.8) is 0 Å². The fourth-order valence-electron chi connectivity index (χ4n) is 1.29. The lowest BCUT2D eigenvalue weighted by Gasteiger charge is -2.04. The summed E-state index contributed by atoms with van der Waals surface area (Å²) in [6.45, 7) is 0. The molecule has 0 amide bonds. The normalized spacial score (nSPS) is 9.81. The van der Waals surface area contributed by atoms with Crippen LogP contribution in [0.1, 0.15) is 0 Å². The van der Waals surface area contributed by atoms with Gasteiger partial charge in [0.1, 0.15) is 4.32 Å². The van der Waals surface area contributed by atoms with Gasteiger partial charge < -0.3 is 5.32 Å². The number of nitrogens with one attached hydrogen (secondary N) is 1. The highest BCUT2D eigenvalue weighted by Crippen LogP contribution is 2.17. The van der Waals surface area contributed by atoms with E-state index in [0.717, 1.165) is 17.1 Å². The number of thiol groups is 1. The van der Waals surface area contributed by atoms with Crippen molar-refractivity contribution in [1.29, 1.82) is 0 Å². The Morgan fingerprint density at radius 1 is 1.12 bits per heavy atom. The van der Waals surface area contributed by atoms with Crippen LogP contribution in [0.3, 0.4) is 0 Å². The van der Waals surface area contributed by atoms with E-state index in [0.29, 0.717) is 4.32 Å². The number of hydrogen-bond acceptors (Lipinski definition) is 3. The average molecular weight is 247 g/mol. The maximum Gasteiger partial charge on any atom is 0.135 e. The molecule has 0 bridgehead atoms. The Bertz CT molecular complexity index is 500. The highest BCUT2D eigenvalue weighted by atomic mass is 32.1. The molecule has 0 aliphatic rings. The van der Waals surface area contributed by atoms with Crippen molar-refractivity contribution >= 4 is 34.9 Å². The molecule has 2 aromatic rings. The van der Waals surface area contributed by atoms with Gasteiger partial charge in [0.25, 0.3) is 0 Å².